The molecule has 0 amide bonds. The Morgan fingerprint density at radius 3 is 2.46 bits per heavy atom. The van der Waals surface area contributed by atoms with Gasteiger partial charge in [0.1, 0.15) is 6.26 Å². The molecule has 0 bridgehead atoms. The van der Waals surface area contributed by atoms with Gasteiger partial charge in [0, 0.05) is 12.6 Å². The van der Waals surface area contributed by atoms with Gasteiger partial charge in [-0.05, 0) is 6.92 Å². The van der Waals surface area contributed by atoms with Crippen molar-refractivity contribution in [2.24, 2.45) is 0 Å². The summed E-state index contributed by atoms with van der Waals surface area (Å²) in [6, 6.07) is 10.3. The molecule has 1 aliphatic rings. The molecule has 1 unspecified atom stereocenters. The van der Waals surface area contributed by atoms with Crippen molar-refractivity contribution in [1.29, 1.82) is 0 Å². The summed E-state index contributed by atoms with van der Waals surface area (Å²) >= 11 is 0. The highest BCUT2D eigenvalue weighted by Gasteiger charge is 2.20. The summed E-state index contributed by atoms with van der Waals surface area (Å²) in [7, 11) is 2.04. The van der Waals surface area contributed by atoms with Gasteiger partial charge in [0.2, 0.25) is 0 Å². The van der Waals surface area contributed by atoms with Gasteiger partial charge in [0.15, 0.2) is 6.23 Å². The van der Waals surface area contributed by atoms with Crippen LogP contribution in [0.5, 0.6) is 0 Å². The summed E-state index contributed by atoms with van der Waals surface area (Å²) < 4.78 is 5.40. The fourth-order valence-corrected chi connectivity index (χ4v) is 1.41. The normalized spacial score (nSPS) is 21.2. The first-order chi connectivity index (χ1) is 6.29. The number of ether oxygens (including phenoxy) is 1. The molecule has 0 aromatic heterocycles. The van der Waals surface area contributed by atoms with Crippen LogP contribution in [0.25, 0.3) is 5.70 Å². The molecule has 0 saturated heterocycles. The first-order valence-corrected chi connectivity index (χ1v) is 4.43. The van der Waals surface area contributed by atoms with Crippen LogP contribution in [0.3, 0.4) is 0 Å². The molecular weight excluding hydrogens is 162 g/mol. The molecule has 2 rings (SSSR count). The van der Waals surface area contributed by atoms with E-state index in [4.69, 9.17) is 4.74 Å². The predicted octanol–water partition coefficient (Wildman–Crippen LogP) is 2.29. The van der Waals surface area contributed by atoms with E-state index in [1.165, 1.54) is 5.56 Å². The van der Waals surface area contributed by atoms with Crippen LogP contribution in [0.1, 0.15) is 12.5 Å². The van der Waals surface area contributed by atoms with Crippen molar-refractivity contribution < 1.29 is 4.74 Å². The third-order valence-electron chi connectivity index (χ3n) is 2.37. The van der Waals surface area contributed by atoms with Crippen molar-refractivity contribution in [2.75, 3.05) is 7.05 Å². The van der Waals surface area contributed by atoms with Crippen molar-refractivity contribution in [2.45, 2.75) is 13.2 Å². The van der Waals surface area contributed by atoms with Crippen LogP contribution < -0.4 is 0 Å². The molecule has 0 N–H and O–H groups in total. The number of benzene rings is 1. The summed E-state index contributed by atoms with van der Waals surface area (Å²) in [6.07, 6.45) is 1.97. The van der Waals surface area contributed by atoms with Crippen molar-refractivity contribution in [3.63, 3.8) is 0 Å². The van der Waals surface area contributed by atoms with Crippen LogP contribution in [-0.2, 0) is 4.74 Å². The van der Waals surface area contributed by atoms with Gasteiger partial charge < -0.3 is 9.64 Å². The molecule has 13 heavy (non-hydrogen) atoms. The number of rotatable bonds is 1. The largest absolute Gasteiger partial charge is 0.476 e. The van der Waals surface area contributed by atoms with E-state index in [9.17, 15) is 0 Å². The lowest BCUT2D eigenvalue weighted by molar-refractivity contribution is 0.0938. The van der Waals surface area contributed by atoms with Crippen molar-refractivity contribution in [3.05, 3.63) is 42.2 Å². The van der Waals surface area contributed by atoms with E-state index in [0.717, 1.165) is 5.70 Å². The lowest BCUT2D eigenvalue weighted by atomic mass is 10.1. The van der Waals surface area contributed by atoms with E-state index in [1.807, 2.05) is 38.4 Å². The van der Waals surface area contributed by atoms with Crippen molar-refractivity contribution >= 4 is 5.70 Å². The molecule has 2 nitrogen and oxygen atoms in total. The summed E-state index contributed by atoms with van der Waals surface area (Å²) in [6.45, 7) is 2.03. The Kier molecular flexibility index (Phi) is 1.97. The molecule has 1 heterocycles. The quantitative estimate of drug-likeness (QED) is 0.649. The average Bonchev–Trinajstić information content (AvgIpc) is 2.49. The van der Waals surface area contributed by atoms with E-state index in [2.05, 4.69) is 17.0 Å². The molecule has 1 aromatic carbocycles. The molecule has 0 aliphatic carbocycles. The zero-order chi connectivity index (χ0) is 9.26. The summed E-state index contributed by atoms with van der Waals surface area (Å²) in [5.74, 6) is 0. The monoisotopic (exact) mass is 175 g/mol. The maximum Gasteiger partial charge on any atom is 0.168 e. The van der Waals surface area contributed by atoms with Gasteiger partial charge in [-0.1, -0.05) is 30.3 Å². The van der Waals surface area contributed by atoms with E-state index in [1.54, 1.807) is 0 Å². The first-order valence-electron chi connectivity index (χ1n) is 4.43. The van der Waals surface area contributed by atoms with Crippen LogP contribution in [0, 0.1) is 0 Å². The molecule has 0 fully saturated rings. The highest BCUT2D eigenvalue weighted by atomic mass is 16.5. The molecule has 1 aliphatic heterocycles. The third-order valence-corrected chi connectivity index (χ3v) is 2.37. The Balaban J connectivity index is 2.29. The smallest absolute Gasteiger partial charge is 0.168 e. The second kappa shape index (κ2) is 3.13. The standard InChI is InChI=1S/C11H13NO/c1-9-12(2)11(8-13-9)10-6-4-3-5-7-10/h3-9H,1-2H3. The number of hydrogen-bond donors (Lipinski definition) is 0. The minimum absolute atomic E-state index is 0.148. The molecule has 1 aromatic rings. The average molecular weight is 175 g/mol. The van der Waals surface area contributed by atoms with Crippen LogP contribution in [0.4, 0.5) is 0 Å². The van der Waals surface area contributed by atoms with E-state index >= 15 is 0 Å². The van der Waals surface area contributed by atoms with E-state index in [0.29, 0.717) is 0 Å². The first kappa shape index (κ1) is 8.17. The molecule has 1 atom stereocenters. The highest BCUT2D eigenvalue weighted by molar-refractivity contribution is 5.64. The zero-order valence-electron chi connectivity index (χ0n) is 7.90. The molecular formula is C11H13NO. The van der Waals surface area contributed by atoms with Gasteiger partial charge in [-0.2, -0.15) is 0 Å². The third kappa shape index (κ3) is 1.39. The van der Waals surface area contributed by atoms with E-state index < -0.39 is 0 Å². The van der Waals surface area contributed by atoms with Crippen LogP contribution in [0.15, 0.2) is 36.6 Å². The van der Waals surface area contributed by atoms with Crippen molar-refractivity contribution in [3.8, 4) is 0 Å². The van der Waals surface area contributed by atoms with Gasteiger partial charge in [0.05, 0.1) is 5.70 Å². The van der Waals surface area contributed by atoms with Crippen LogP contribution in [0.2, 0.25) is 0 Å². The Hall–Kier alpha value is -1.44. The minimum atomic E-state index is 0.148. The van der Waals surface area contributed by atoms with Crippen molar-refractivity contribution in [1.82, 2.24) is 4.90 Å². The molecule has 68 valence electrons. The lowest BCUT2D eigenvalue weighted by Gasteiger charge is -2.19. The summed E-state index contributed by atoms with van der Waals surface area (Å²) in [5, 5.41) is 0. The second-order valence-corrected chi connectivity index (χ2v) is 3.22. The second-order valence-electron chi connectivity index (χ2n) is 3.22. The van der Waals surface area contributed by atoms with E-state index in [-0.39, 0.29) is 6.23 Å². The van der Waals surface area contributed by atoms with Crippen LogP contribution >= 0.6 is 0 Å². The lowest BCUT2D eigenvalue weighted by Crippen LogP contribution is -2.22. The Labute approximate surface area is 78.4 Å². The Morgan fingerprint density at radius 1 is 1.23 bits per heavy atom. The Morgan fingerprint density at radius 2 is 1.92 bits per heavy atom. The van der Waals surface area contributed by atoms with Gasteiger partial charge in [-0.15, -0.1) is 0 Å². The molecule has 2 heteroatoms. The maximum atomic E-state index is 5.40. The topological polar surface area (TPSA) is 12.5 Å². The molecule has 0 spiro atoms. The fourth-order valence-electron chi connectivity index (χ4n) is 1.41. The maximum absolute atomic E-state index is 5.40. The Bertz CT molecular complexity index is 318. The highest BCUT2D eigenvalue weighted by Crippen LogP contribution is 2.25. The summed E-state index contributed by atoms with van der Waals surface area (Å²) in [4.78, 5) is 2.12. The van der Waals surface area contributed by atoms with Gasteiger partial charge in [0.25, 0.3) is 0 Å². The number of hydrogen-bond acceptors (Lipinski definition) is 2. The summed E-state index contributed by atoms with van der Waals surface area (Å²) in [5.41, 5.74) is 2.35. The predicted molar refractivity (Wildman–Crippen MR) is 52.7 cm³/mol. The van der Waals surface area contributed by atoms with Crippen LogP contribution in [-0.4, -0.2) is 18.2 Å². The molecule has 0 radical (unpaired) electrons. The zero-order valence-corrected chi connectivity index (χ0v) is 7.90. The van der Waals surface area contributed by atoms with Gasteiger partial charge in [-0.25, -0.2) is 0 Å². The fraction of sp³-hybridized carbons (Fsp3) is 0.273. The minimum Gasteiger partial charge on any atom is -0.476 e. The molecule has 0 saturated carbocycles. The number of nitrogens with zero attached hydrogens (tertiary/aromatic N) is 1. The van der Waals surface area contributed by atoms with Gasteiger partial charge >= 0.3 is 0 Å². The van der Waals surface area contributed by atoms with Gasteiger partial charge in [-0.3, -0.25) is 0 Å². The SMILES string of the molecule is CC1OC=C(c2ccccc2)N1C.